The molecule has 0 N–H and O–H groups in total. The summed E-state index contributed by atoms with van der Waals surface area (Å²) in [6.07, 6.45) is 5.15. The number of hydrogen-bond acceptors (Lipinski definition) is 2. The number of rotatable bonds is 4. The second-order valence-corrected chi connectivity index (χ2v) is 7.69. The van der Waals surface area contributed by atoms with E-state index in [-0.39, 0.29) is 17.1 Å². The van der Waals surface area contributed by atoms with E-state index in [1.165, 1.54) is 19.3 Å². The molecule has 0 aromatic rings. The van der Waals surface area contributed by atoms with Crippen molar-refractivity contribution in [3.63, 3.8) is 0 Å². The Morgan fingerprint density at radius 2 is 2.16 bits per heavy atom. The molecule has 19 heavy (non-hydrogen) atoms. The van der Waals surface area contributed by atoms with Crippen LogP contribution >= 0.6 is 0 Å². The molecule has 2 bridgehead atoms. The first-order valence-electron chi connectivity index (χ1n) is 7.87. The van der Waals surface area contributed by atoms with Gasteiger partial charge in [-0.05, 0) is 43.4 Å². The molecule has 3 aliphatic rings. The van der Waals surface area contributed by atoms with Crippen molar-refractivity contribution >= 4 is 0 Å². The summed E-state index contributed by atoms with van der Waals surface area (Å²) >= 11 is 0. The Morgan fingerprint density at radius 1 is 1.42 bits per heavy atom. The van der Waals surface area contributed by atoms with Gasteiger partial charge in [0.05, 0.1) is 12.4 Å². The van der Waals surface area contributed by atoms with E-state index in [0.29, 0.717) is 5.92 Å². The lowest BCUT2D eigenvalue weighted by atomic mass is 9.68. The third-order valence-electron chi connectivity index (χ3n) is 6.54. The van der Waals surface area contributed by atoms with Gasteiger partial charge in [0.1, 0.15) is 0 Å². The zero-order valence-corrected chi connectivity index (χ0v) is 12.9. The summed E-state index contributed by atoms with van der Waals surface area (Å²) in [5.74, 6) is 3.29. The minimum Gasteiger partial charge on any atom is -0.469 e. The van der Waals surface area contributed by atoms with Gasteiger partial charge in [0.2, 0.25) is 6.29 Å². The first-order chi connectivity index (χ1) is 8.89. The first-order valence-corrected chi connectivity index (χ1v) is 7.87. The zero-order chi connectivity index (χ0) is 13.8. The molecular formula is C17H28O2. The van der Waals surface area contributed by atoms with Gasteiger partial charge in [-0.1, -0.05) is 34.3 Å². The molecule has 2 aliphatic carbocycles. The molecule has 2 saturated carbocycles. The maximum atomic E-state index is 6.22. The van der Waals surface area contributed by atoms with Gasteiger partial charge in [0.15, 0.2) is 0 Å². The number of hydrogen-bond donors (Lipinski definition) is 0. The van der Waals surface area contributed by atoms with Gasteiger partial charge in [0, 0.05) is 10.8 Å². The van der Waals surface area contributed by atoms with E-state index in [1.54, 1.807) is 0 Å². The maximum Gasteiger partial charge on any atom is 0.205 e. The molecule has 0 aromatic carbocycles. The van der Waals surface area contributed by atoms with Gasteiger partial charge < -0.3 is 9.47 Å². The zero-order valence-electron chi connectivity index (χ0n) is 12.9. The van der Waals surface area contributed by atoms with Gasteiger partial charge in [-0.15, -0.1) is 0 Å². The summed E-state index contributed by atoms with van der Waals surface area (Å²) in [5.41, 5.74) is 0.269. The van der Waals surface area contributed by atoms with Gasteiger partial charge in [-0.25, -0.2) is 0 Å². The van der Waals surface area contributed by atoms with Crippen LogP contribution in [0.5, 0.6) is 0 Å². The molecule has 3 rings (SSSR count). The van der Waals surface area contributed by atoms with Crippen molar-refractivity contribution in [2.45, 2.75) is 59.7 Å². The Morgan fingerprint density at radius 3 is 2.84 bits per heavy atom. The lowest BCUT2D eigenvalue weighted by molar-refractivity contribution is -0.155. The van der Waals surface area contributed by atoms with Crippen molar-refractivity contribution in [1.29, 1.82) is 0 Å². The summed E-state index contributed by atoms with van der Waals surface area (Å²) in [7, 11) is 0. The Kier molecular flexibility index (Phi) is 3.01. The van der Waals surface area contributed by atoms with E-state index >= 15 is 0 Å². The van der Waals surface area contributed by atoms with E-state index in [9.17, 15) is 0 Å². The summed E-state index contributed by atoms with van der Waals surface area (Å²) in [6.45, 7) is 14.0. The highest BCUT2D eigenvalue weighted by Gasteiger charge is 2.63. The van der Waals surface area contributed by atoms with Crippen LogP contribution in [-0.4, -0.2) is 12.9 Å². The second-order valence-electron chi connectivity index (χ2n) is 7.69. The predicted molar refractivity (Wildman–Crippen MR) is 76.5 cm³/mol. The lowest BCUT2D eigenvalue weighted by Gasteiger charge is -2.40. The van der Waals surface area contributed by atoms with Crippen LogP contribution in [0.25, 0.3) is 0 Å². The highest BCUT2D eigenvalue weighted by Crippen LogP contribution is 2.64. The molecule has 3 fully saturated rings. The first kappa shape index (κ1) is 13.5. The topological polar surface area (TPSA) is 18.5 Å². The maximum absolute atomic E-state index is 6.22. The fraction of sp³-hybridized carbons (Fsp3) is 0.882. The van der Waals surface area contributed by atoms with Gasteiger partial charge in [0.25, 0.3) is 0 Å². The van der Waals surface area contributed by atoms with Crippen molar-refractivity contribution in [3.8, 4) is 0 Å². The summed E-state index contributed by atoms with van der Waals surface area (Å²) in [5, 5.41) is 0. The Hall–Kier alpha value is -0.500. The van der Waals surface area contributed by atoms with Gasteiger partial charge in [-0.3, -0.25) is 0 Å². The Balaban J connectivity index is 1.75. The van der Waals surface area contributed by atoms with Crippen LogP contribution in [0.4, 0.5) is 0 Å². The molecule has 1 saturated heterocycles. The van der Waals surface area contributed by atoms with Crippen LogP contribution in [0, 0.1) is 28.6 Å². The summed E-state index contributed by atoms with van der Waals surface area (Å²) in [6, 6.07) is 0. The van der Waals surface area contributed by atoms with Crippen LogP contribution in [0.2, 0.25) is 0 Å². The molecule has 0 aromatic heterocycles. The van der Waals surface area contributed by atoms with Crippen molar-refractivity contribution in [1.82, 2.24) is 0 Å². The van der Waals surface area contributed by atoms with Gasteiger partial charge >= 0.3 is 0 Å². The monoisotopic (exact) mass is 264 g/mol. The van der Waals surface area contributed by atoms with E-state index < -0.39 is 0 Å². The lowest BCUT2D eigenvalue weighted by Crippen LogP contribution is -2.40. The molecule has 5 unspecified atom stereocenters. The van der Waals surface area contributed by atoms with E-state index in [0.717, 1.165) is 30.6 Å². The van der Waals surface area contributed by atoms with Crippen molar-refractivity contribution in [2.24, 2.45) is 28.6 Å². The van der Waals surface area contributed by atoms with Crippen LogP contribution < -0.4 is 0 Å². The van der Waals surface area contributed by atoms with E-state index in [1.807, 2.05) is 0 Å². The minimum absolute atomic E-state index is 0.0371. The summed E-state index contributed by atoms with van der Waals surface area (Å²) in [4.78, 5) is 0. The minimum atomic E-state index is -0.0638. The largest absolute Gasteiger partial charge is 0.469 e. The normalized spacial score (nSPS) is 44.4. The van der Waals surface area contributed by atoms with Crippen molar-refractivity contribution < 1.29 is 9.47 Å². The van der Waals surface area contributed by atoms with Gasteiger partial charge in [-0.2, -0.15) is 0 Å². The number of allylic oxidation sites excluding steroid dienone is 1. The molecule has 108 valence electrons. The quantitative estimate of drug-likeness (QED) is 0.702. The van der Waals surface area contributed by atoms with Crippen molar-refractivity contribution in [3.05, 3.63) is 12.3 Å². The molecule has 2 heteroatoms. The van der Waals surface area contributed by atoms with Crippen molar-refractivity contribution in [2.75, 3.05) is 6.61 Å². The smallest absolute Gasteiger partial charge is 0.205 e. The second kappa shape index (κ2) is 4.25. The average Bonchev–Trinajstić information content (AvgIpc) is 3.02. The number of ether oxygens (including phenoxy) is 2. The third kappa shape index (κ3) is 1.79. The standard InChI is InChI=1S/C17H28O2/c1-6-16(3,4)11(2)19-15-17(5)13-8-7-12(9-13)14(17)10-18-15/h12-15H,2,6-10H2,1,3-5H3. The Bertz CT molecular complexity index is 387. The Labute approximate surface area is 117 Å². The number of fused-ring (bicyclic) bond motifs is 5. The van der Waals surface area contributed by atoms with Crippen LogP contribution in [-0.2, 0) is 9.47 Å². The van der Waals surface area contributed by atoms with Crippen LogP contribution in [0.1, 0.15) is 53.4 Å². The predicted octanol–water partition coefficient (Wildman–Crippen LogP) is 4.36. The highest BCUT2D eigenvalue weighted by atomic mass is 16.7. The molecule has 1 heterocycles. The van der Waals surface area contributed by atoms with Crippen LogP contribution in [0.3, 0.4) is 0 Å². The fourth-order valence-electron chi connectivity index (χ4n) is 4.46. The fourth-order valence-corrected chi connectivity index (χ4v) is 4.46. The average molecular weight is 264 g/mol. The SMILES string of the molecule is C=C(OC1OCC2C3CCC(C3)C12C)C(C)(C)CC. The van der Waals surface area contributed by atoms with E-state index in [2.05, 4.69) is 34.3 Å². The molecule has 0 amide bonds. The molecule has 1 aliphatic heterocycles. The third-order valence-corrected chi connectivity index (χ3v) is 6.54. The molecule has 0 radical (unpaired) electrons. The van der Waals surface area contributed by atoms with Crippen LogP contribution in [0.15, 0.2) is 12.3 Å². The summed E-state index contributed by atoms with van der Waals surface area (Å²) < 4.78 is 12.3. The molecule has 0 spiro atoms. The molecular weight excluding hydrogens is 236 g/mol. The molecule has 5 atom stereocenters. The van der Waals surface area contributed by atoms with E-state index in [4.69, 9.17) is 9.47 Å². The molecule has 2 nitrogen and oxygen atoms in total. The highest BCUT2D eigenvalue weighted by molar-refractivity contribution is 5.10.